The summed E-state index contributed by atoms with van der Waals surface area (Å²) in [6.07, 6.45) is 0. The maximum absolute atomic E-state index is 13.3. The van der Waals surface area contributed by atoms with Crippen molar-refractivity contribution in [2.24, 2.45) is 0 Å². The highest BCUT2D eigenvalue weighted by Gasteiger charge is 2.12. The first kappa shape index (κ1) is 13.7. The largest absolute Gasteiger partial charge is 0.481 e. The maximum Gasteiger partial charge on any atom is 0.313 e. The minimum atomic E-state index is -0.931. The van der Waals surface area contributed by atoms with Crippen molar-refractivity contribution in [2.75, 3.05) is 5.75 Å². The highest BCUT2D eigenvalue weighted by atomic mass is 32.2. The molecule has 1 aromatic heterocycles. The lowest BCUT2D eigenvalue weighted by molar-refractivity contribution is -0.133. The number of fused-ring (bicyclic) bond motifs is 1. The topological polar surface area (TPSA) is 63.1 Å². The molecule has 0 aliphatic heterocycles. The SMILES string of the molecule is CC(C)c1nc(SCC(=O)O)c2cc(F)ccc2n1. The van der Waals surface area contributed by atoms with Crippen molar-refractivity contribution in [2.45, 2.75) is 24.8 Å². The number of halogens is 1. The molecule has 0 spiro atoms. The first-order valence-corrected chi connectivity index (χ1v) is 6.77. The third-order valence-corrected chi connectivity index (χ3v) is 3.46. The van der Waals surface area contributed by atoms with E-state index in [9.17, 15) is 9.18 Å². The zero-order valence-electron chi connectivity index (χ0n) is 10.6. The van der Waals surface area contributed by atoms with Gasteiger partial charge < -0.3 is 5.11 Å². The van der Waals surface area contributed by atoms with E-state index in [1.807, 2.05) is 13.8 Å². The van der Waals surface area contributed by atoms with Crippen LogP contribution in [0.3, 0.4) is 0 Å². The molecule has 2 rings (SSSR count). The van der Waals surface area contributed by atoms with Crippen molar-refractivity contribution >= 4 is 28.6 Å². The van der Waals surface area contributed by atoms with E-state index in [0.717, 1.165) is 11.8 Å². The Morgan fingerprint density at radius 1 is 1.42 bits per heavy atom. The lowest BCUT2D eigenvalue weighted by Gasteiger charge is -2.09. The zero-order valence-corrected chi connectivity index (χ0v) is 11.4. The second-order valence-corrected chi connectivity index (χ2v) is 5.35. The van der Waals surface area contributed by atoms with Gasteiger partial charge in [-0.1, -0.05) is 25.6 Å². The molecule has 1 aromatic carbocycles. The summed E-state index contributed by atoms with van der Waals surface area (Å²) in [6, 6.07) is 4.26. The summed E-state index contributed by atoms with van der Waals surface area (Å²) in [5.74, 6) is -0.671. The Bertz CT molecular complexity index is 631. The van der Waals surface area contributed by atoms with Crippen LogP contribution >= 0.6 is 11.8 Å². The van der Waals surface area contributed by atoms with Crippen LogP contribution < -0.4 is 0 Å². The molecule has 0 aliphatic rings. The third kappa shape index (κ3) is 3.20. The average Bonchev–Trinajstić information content (AvgIpc) is 2.35. The van der Waals surface area contributed by atoms with Gasteiger partial charge in [0.25, 0.3) is 0 Å². The van der Waals surface area contributed by atoms with Gasteiger partial charge >= 0.3 is 5.97 Å². The lowest BCUT2D eigenvalue weighted by atomic mass is 10.2. The summed E-state index contributed by atoms with van der Waals surface area (Å²) in [6.45, 7) is 3.91. The van der Waals surface area contributed by atoms with Crippen molar-refractivity contribution in [3.8, 4) is 0 Å². The Labute approximate surface area is 114 Å². The molecule has 4 nitrogen and oxygen atoms in total. The van der Waals surface area contributed by atoms with Crippen LogP contribution in [0, 0.1) is 5.82 Å². The molecule has 1 N–H and O–H groups in total. The number of hydrogen-bond acceptors (Lipinski definition) is 4. The van der Waals surface area contributed by atoms with Crippen LogP contribution in [0.15, 0.2) is 23.2 Å². The normalized spacial score (nSPS) is 11.2. The predicted octanol–water partition coefficient (Wildman–Crippen LogP) is 3.07. The average molecular weight is 280 g/mol. The van der Waals surface area contributed by atoms with E-state index in [1.165, 1.54) is 12.1 Å². The van der Waals surface area contributed by atoms with Gasteiger partial charge in [-0.3, -0.25) is 4.79 Å². The highest BCUT2D eigenvalue weighted by Crippen LogP contribution is 2.27. The van der Waals surface area contributed by atoms with E-state index in [4.69, 9.17) is 5.11 Å². The third-order valence-electron chi connectivity index (χ3n) is 2.49. The molecule has 100 valence electrons. The lowest BCUT2D eigenvalue weighted by Crippen LogP contribution is -2.03. The second kappa shape index (κ2) is 5.52. The summed E-state index contributed by atoms with van der Waals surface area (Å²) in [5, 5.41) is 9.80. The molecule has 0 aliphatic carbocycles. The molecule has 0 atom stereocenters. The van der Waals surface area contributed by atoms with Gasteiger partial charge in [0.2, 0.25) is 0 Å². The molecular weight excluding hydrogens is 267 g/mol. The molecule has 0 saturated heterocycles. The molecular formula is C13H13FN2O2S. The summed E-state index contributed by atoms with van der Waals surface area (Å²) in [5.41, 5.74) is 0.632. The number of aliphatic carboxylic acids is 1. The summed E-state index contributed by atoms with van der Waals surface area (Å²) >= 11 is 1.08. The van der Waals surface area contributed by atoms with Crippen LogP contribution in [0.2, 0.25) is 0 Å². The fourth-order valence-corrected chi connectivity index (χ4v) is 2.33. The standard InChI is InChI=1S/C13H13FN2O2S/c1-7(2)12-15-10-4-3-8(14)5-9(10)13(16-12)19-6-11(17)18/h3-5,7H,6H2,1-2H3,(H,17,18). The quantitative estimate of drug-likeness (QED) is 0.689. The van der Waals surface area contributed by atoms with Gasteiger partial charge in [0.1, 0.15) is 16.7 Å². The molecule has 2 aromatic rings. The number of carboxylic acid groups (broad SMARTS) is 1. The monoisotopic (exact) mass is 280 g/mol. The van der Waals surface area contributed by atoms with Crippen LogP contribution in [0.1, 0.15) is 25.6 Å². The predicted molar refractivity (Wildman–Crippen MR) is 71.9 cm³/mol. The van der Waals surface area contributed by atoms with E-state index in [1.54, 1.807) is 6.07 Å². The van der Waals surface area contributed by atoms with Gasteiger partial charge in [-0.05, 0) is 18.2 Å². The van der Waals surface area contributed by atoms with Crippen LogP contribution in [-0.4, -0.2) is 26.8 Å². The molecule has 0 radical (unpaired) electrons. The summed E-state index contributed by atoms with van der Waals surface area (Å²) in [7, 11) is 0. The maximum atomic E-state index is 13.3. The fourth-order valence-electron chi connectivity index (χ4n) is 1.59. The van der Waals surface area contributed by atoms with Gasteiger partial charge in [-0.15, -0.1) is 0 Å². The number of carboxylic acids is 1. The number of hydrogen-bond donors (Lipinski definition) is 1. The Morgan fingerprint density at radius 3 is 2.79 bits per heavy atom. The van der Waals surface area contributed by atoms with Crippen LogP contribution in [0.5, 0.6) is 0 Å². The molecule has 19 heavy (non-hydrogen) atoms. The first-order valence-electron chi connectivity index (χ1n) is 5.79. The van der Waals surface area contributed by atoms with Gasteiger partial charge in [-0.25, -0.2) is 14.4 Å². The summed E-state index contributed by atoms with van der Waals surface area (Å²) in [4.78, 5) is 19.4. The first-order chi connectivity index (χ1) is 8.97. The van der Waals surface area contributed by atoms with Crippen molar-refractivity contribution in [1.82, 2.24) is 9.97 Å². The van der Waals surface area contributed by atoms with E-state index in [-0.39, 0.29) is 17.5 Å². The smallest absolute Gasteiger partial charge is 0.313 e. The number of thioether (sulfide) groups is 1. The van der Waals surface area contributed by atoms with E-state index >= 15 is 0 Å². The number of rotatable bonds is 4. The Morgan fingerprint density at radius 2 is 2.16 bits per heavy atom. The highest BCUT2D eigenvalue weighted by molar-refractivity contribution is 8.00. The van der Waals surface area contributed by atoms with Gasteiger partial charge in [0.15, 0.2) is 0 Å². The molecule has 0 fully saturated rings. The van der Waals surface area contributed by atoms with Crippen LogP contribution in [0.4, 0.5) is 4.39 Å². The van der Waals surface area contributed by atoms with Crippen molar-refractivity contribution < 1.29 is 14.3 Å². The number of benzene rings is 1. The summed E-state index contributed by atoms with van der Waals surface area (Å²) < 4.78 is 13.3. The van der Waals surface area contributed by atoms with E-state index in [2.05, 4.69) is 9.97 Å². The minimum Gasteiger partial charge on any atom is -0.481 e. The second-order valence-electron chi connectivity index (χ2n) is 4.39. The molecule has 6 heteroatoms. The Kier molecular flexibility index (Phi) is 3.99. The molecule has 0 unspecified atom stereocenters. The van der Waals surface area contributed by atoms with Gasteiger partial charge in [-0.2, -0.15) is 0 Å². The van der Waals surface area contributed by atoms with Crippen molar-refractivity contribution in [3.63, 3.8) is 0 Å². The Hall–Kier alpha value is -1.69. The van der Waals surface area contributed by atoms with Crippen molar-refractivity contribution in [3.05, 3.63) is 29.8 Å². The van der Waals surface area contributed by atoms with Gasteiger partial charge in [0, 0.05) is 11.3 Å². The zero-order chi connectivity index (χ0) is 14.0. The molecule has 1 heterocycles. The van der Waals surface area contributed by atoms with Crippen LogP contribution in [0.25, 0.3) is 10.9 Å². The van der Waals surface area contributed by atoms with E-state index < -0.39 is 5.97 Å². The van der Waals surface area contributed by atoms with Crippen LogP contribution in [-0.2, 0) is 4.79 Å². The Balaban J connectivity index is 2.55. The number of aromatic nitrogens is 2. The van der Waals surface area contributed by atoms with E-state index in [0.29, 0.717) is 21.8 Å². The molecule has 0 bridgehead atoms. The molecule has 0 amide bonds. The fraction of sp³-hybridized carbons (Fsp3) is 0.308. The minimum absolute atomic E-state index is 0.111. The number of carbonyl (C=O) groups is 1. The number of nitrogens with zero attached hydrogens (tertiary/aromatic N) is 2. The molecule has 0 saturated carbocycles. The van der Waals surface area contributed by atoms with Crippen molar-refractivity contribution in [1.29, 1.82) is 0 Å². The van der Waals surface area contributed by atoms with Gasteiger partial charge in [0.05, 0.1) is 11.3 Å².